The second kappa shape index (κ2) is 11.5. The summed E-state index contributed by atoms with van der Waals surface area (Å²) in [6.07, 6.45) is 3.49. The van der Waals surface area contributed by atoms with Crippen LogP contribution in [0.15, 0.2) is 64.2 Å². The van der Waals surface area contributed by atoms with Crippen molar-refractivity contribution in [3.63, 3.8) is 0 Å². The summed E-state index contributed by atoms with van der Waals surface area (Å²) in [6, 6.07) is 15.2. The summed E-state index contributed by atoms with van der Waals surface area (Å²) in [5.41, 5.74) is 2.75. The quantitative estimate of drug-likeness (QED) is 0.0856. The number of nitro groups is 1. The van der Waals surface area contributed by atoms with E-state index in [1.54, 1.807) is 59.0 Å². The van der Waals surface area contributed by atoms with E-state index in [0.29, 0.717) is 39.1 Å². The highest BCUT2D eigenvalue weighted by Crippen LogP contribution is 2.42. The van der Waals surface area contributed by atoms with Gasteiger partial charge in [-0.05, 0) is 53.9 Å². The maximum absolute atomic E-state index is 13.4. The minimum Gasteiger partial charge on any atom is -0.854 e. The molecule has 1 aliphatic rings. The van der Waals surface area contributed by atoms with Crippen LogP contribution in [0.5, 0.6) is 5.88 Å². The third-order valence-electron chi connectivity index (χ3n) is 6.85. The highest BCUT2D eigenvalue weighted by atomic mass is 32.2. The zero-order chi connectivity index (χ0) is 28.4. The molecule has 2 aromatic carbocycles. The van der Waals surface area contributed by atoms with E-state index in [2.05, 4.69) is 11.9 Å². The molecule has 10 nitrogen and oxygen atoms in total. The number of nitrogens with zero attached hydrogens (tertiary/aromatic N) is 5. The SMILES string of the molecule is CCCCCCSc1nc([O-])c2[n+](n1)C(c1ccc(-c3ccc([N+](=O)[O-])cc3C)o1)N(C(C)=O)c1ccccc1-2. The van der Waals surface area contributed by atoms with Crippen molar-refractivity contribution in [2.75, 3.05) is 10.7 Å². The molecular weight excluding hydrogens is 530 g/mol. The molecule has 0 aliphatic carbocycles. The highest BCUT2D eigenvalue weighted by molar-refractivity contribution is 7.99. The number of hydrogen-bond donors (Lipinski definition) is 0. The number of carbonyl (C=O) groups excluding carboxylic acids is 1. The number of aromatic nitrogens is 3. The maximum atomic E-state index is 13.4. The Morgan fingerprint density at radius 3 is 2.65 bits per heavy atom. The van der Waals surface area contributed by atoms with Crippen LogP contribution in [0.25, 0.3) is 22.6 Å². The largest absolute Gasteiger partial charge is 0.854 e. The van der Waals surface area contributed by atoms with Crippen LogP contribution in [0.1, 0.15) is 57.0 Å². The first-order chi connectivity index (χ1) is 19.3. The Hall–Kier alpha value is -4.25. The Morgan fingerprint density at radius 2 is 1.93 bits per heavy atom. The maximum Gasteiger partial charge on any atom is 0.325 e. The second-order valence-corrected chi connectivity index (χ2v) is 10.7. The van der Waals surface area contributed by atoms with Gasteiger partial charge >= 0.3 is 6.17 Å². The van der Waals surface area contributed by atoms with Crippen molar-refractivity contribution in [1.29, 1.82) is 0 Å². The van der Waals surface area contributed by atoms with Crippen LogP contribution in [0, 0.1) is 17.0 Å². The molecule has 1 aliphatic heterocycles. The van der Waals surface area contributed by atoms with Gasteiger partial charge in [0.2, 0.25) is 5.91 Å². The summed E-state index contributed by atoms with van der Waals surface area (Å²) >= 11 is 1.42. The molecule has 0 N–H and O–H groups in total. The number of aryl methyl sites for hydroxylation is 1. The molecule has 0 saturated carbocycles. The van der Waals surface area contributed by atoms with E-state index in [1.165, 1.54) is 30.8 Å². The van der Waals surface area contributed by atoms with E-state index in [1.807, 2.05) is 0 Å². The Labute approximate surface area is 235 Å². The summed E-state index contributed by atoms with van der Waals surface area (Å²) in [4.78, 5) is 29.7. The fourth-order valence-electron chi connectivity index (χ4n) is 4.96. The lowest BCUT2D eigenvalue weighted by molar-refractivity contribution is -0.765. The van der Waals surface area contributed by atoms with Gasteiger partial charge in [-0.1, -0.05) is 50.1 Å². The summed E-state index contributed by atoms with van der Waals surface area (Å²) in [7, 11) is 0. The number of para-hydroxylation sites is 1. The Morgan fingerprint density at radius 1 is 1.12 bits per heavy atom. The van der Waals surface area contributed by atoms with Gasteiger partial charge in [-0.15, -0.1) is 0 Å². The summed E-state index contributed by atoms with van der Waals surface area (Å²) in [5.74, 6) is 0.972. The first-order valence-electron chi connectivity index (χ1n) is 13.2. The molecule has 40 heavy (non-hydrogen) atoms. The molecule has 0 saturated heterocycles. The van der Waals surface area contributed by atoms with Crippen molar-refractivity contribution in [2.45, 2.75) is 57.8 Å². The highest BCUT2D eigenvalue weighted by Gasteiger charge is 2.45. The number of furan rings is 1. The lowest BCUT2D eigenvalue weighted by Crippen LogP contribution is -2.58. The lowest BCUT2D eigenvalue weighted by atomic mass is 10.0. The van der Waals surface area contributed by atoms with Crippen molar-refractivity contribution in [1.82, 2.24) is 10.1 Å². The number of nitro benzene ring substituents is 1. The Balaban J connectivity index is 1.61. The minimum absolute atomic E-state index is 0.0106. The van der Waals surface area contributed by atoms with Crippen LogP contribution in [-0.4, -0.2) is 26.7 Å². The molecule has 1 unspecified atom stereocenters. The topological polar surface area (TPSA) is 129 Å². The summed E-state index contributed by atoms with van der Waals surface area (Å²) in [5, 5.41) is 29.7. The number of hydrogen-bond acceptors (Lipinski definition) is 8. The molecule has 0 radical (unpaired) electrons. The molecule has 11 heteroatoms. The number of thioether (sulfide) groups is 1. The van der Waals surface area contributed by atoms with Crippen molar-refractivity contribution >= 4 is 29.0 Å². The van der Waals surface area contributed by atoms with Gasteiger partial charge in [-0.25, -0.2) is 9.88 Å². The molecule has 1 atom stereocenters. The predicted octanol–water partition coefficient (Wildman–Crippen LogP) is 5.57. The molecule has 3 heterocycles. The number of anilines is 1. The zero-order valence-electron chi connectivity index (χ0n) is 22.5. The van der Waals surface area contributed by atoms with Crippen molar-refractivity contribution < 1.29 is 23.9 Å². The van der Waals surface area contributed by atoms with Gasteiger partial charge in [0.15, 0.2) is 5.76 Å². The number of non-ortho nitro benzene ring substituents is 1. The average Bonchev–Trinajstić information content (AvgIpc) is 3.41. The van der Waals surface area contributed by atoms with Crippen LogP contribution in [0.2, 0.25) is 0 Å². The van der Waals surface area contributed by atoms with Crippen LogP contribution >= 0.6 is 11.8 Å². The summed E-state index contributed by atoms with van der Waals surface area (Å²) in [6.45, 7) is 5.39. The van der Waals surface area contributed by atoms with Gasteiger partial charge in [-0.3, -0.25) is 14.9 Å². The molecule has 206 valence electrons. The first-order valence-corrected chi connectivity index (χ1v) is 14.2. The van der Waals surface area contributed by atoms with E-state index < -0.39 is 17.0 Å². The van der Waals surface area contributed by atoms with Gasteiger partial charge in [0, 0.05) is 35.5 Å². The fourth-order valence-corrected chi connectivity index (χ4v) is 5.78. The predicted molar refractivity (Wildman–Crippen MR) is 149 cm³/mol. The number of amides is 1. The molecule has 2 aromatic heterocycles. The zero-order valence-corrected chi connectivity index (χ0v) is 23.3. The Bertz CT molecular complexity index is 1590. The molecule has 0 fully saturated rings. The number of rotatable bonds is 9. The molecule has 5 rings (SSSR count). The van der Waals surface area contributed by atoms with E-state index in [-0.39, 0.29) is 17.3 Å². The van der Waals surface area contributed by atoms with E-state index >= 15 is 0 Å². The molecule has 0 bridgehead atoms. The van der Waals surface area contributed by atoms with Crippen LogP contribution in [0.3, 0.4) is 0 Å². The van der Waals surface area contributed by atoms with Crippen LogP contribution in [-0.2, 0) is 4.79 Å². The normalized spacial score (nSPS) is 14.1. The number of fused-ring (bicyclic) bond motifs is 3. The second-order valence-electron chi connectivity index (χ2n) is 9.64. The van der Waals surface area contributed by atoms with E-state index in [4.69, 9.17) is 9.52 Å². The van der Waals surface area contributed by atoms with Crippen LogP contribution in [0.4, 0.5) is 11.4 Å². The summed E-state index contributed by atoms with van der Waals surface area (Å²) < 4.78 is 7.83. The van der Waals surface area contributed by atoms with E-state index in [0.717, 1.165) is 31.4 Å². The number of carbonyl (C=O) groups is 1. The monoisotopic (exact) mass is 559 g/mol. The van der Waals surface area contributed by atoms with Gasteiger partial charge in [0.25, 0.3) is 16.5 Å². The third-order valence-corrected chi connectivity index (χ3v) is 7.78. The number of unbranched alkanes of at least 4 members (excludes halogenated alkanes) is 3. The average molecular weight is 560 g/mol. The van der Waals surface area contributed by atoms with Gasteiger partial charge < -0.3 is 9.52 Å². The van der Waals surface area contributed by atoms with Crippen molar-refractivity contribution in [3.8, 4) is 28.5 Å². The van der Waals surface area contributed by atoms with E-state index in [9.17, 15) is 20.0 Å². The smallest absolute Gasteiger partial charge is 0.325 e. The third kappa shape index (κ3) is 5.16. The molecule has 1 amide bonds. The van der Waals surface area contributed by atoms with Crippen molar-refractivity contribution in [2.24, 2.45) is 0 Å². The van der Waals surface area contributed by atoms with Gasteiger partial charge in [0.05, 0.1) is 22.1 Å². The minimum atomic E-state index is -0.871. The Kier molecular flexibility index (Phi) is 7.83. The van der Waals surface area contributed by atoms with Gasteiger partial charge in [0.1, 0.15) is 5.76 Å². The standard InChI is InChI=1S/C29H29N5O5S/c1-4-5-6-9-16-40-29-30-27(36)26-22-10-7-8-11-23(22)32(19(3)35)28(33(26)31-29)25-15-14-24(39-25)21-13-12-20(34(37)38)17-18(21)2/h7-8,10-15,17,28H,4-6,9,16H2,1-3H3. The first kappa shape index (κ1) is 27.3. The number of benzene rings is 2. The fraction of sp³-hybridized carbons (Fsp3) is 0.310. The lowest BCUT2D eigenvalue weighted by Gasteiger charge is -2.31. The van der Waals surface area contributed by atoms with Crippen molar-refractivity contribution in [3.05, 3.63) is 76.0 Å². The van der Waals surface area contributed by atoms with Gasteiger partial charge in [-0.2, -0.15) is 0 Å². The molecular formula is C29H29N5O5S. The molecule has 4 aromatic rings. The molecule has 0 spiro atoms. The van der Waals surface area contributed by atoms with Crippen LogP contribution < -0.4 is 14.7 Å².